The van der Waals surface area contributed by atoms with Crippen LogP contribution in [0.2, 0.25) is 0 Å². The van der Waals surface area contributed by atoms with Crippen LogP contribution in [-0.4, -0.2) is 30.6 Å². The molecule has 0 bridgehead atoms. The zero-order chi connectivity index (χ0) is 10.7. The molecular weight excluding hydrogens is 190 g/mol. The number of ether oxygens (including phenoxy) is 1. The summed E-state index contributed by atoms with van der Waals surface area (Å²) in [4.78, 5) is 10.4. The largest absolute Gasteiger partial charge is 0.494 e. The highest BCUT2D eigenvalue weighted by molar-refractivity contribution is 6.58. The molecule has 1 aromatic carbocycles. The molecule has 4 nitrogen and oxygen atoms in total. The number of hydrogen-bond donors (Lipinski definition) is 2. The molecule has 0 fully saturated rings. The number of benzene rings is 1. The van der Waals surface area contributed by atoms with Gasteiger partial charge in [0.25, 0.3) is 0 Å². The van der Waals surface area contributed by atoms with Crippen LogP contribution in [0.3, 0.4) is 0 Å². The Morgan fingerprint density at radius 1 is 1.50 bits per heavy atom. The van der Waals surface area contributed by atoms with Crippen molar-refractivity contribution < 1.29 is 24.0 Å². The molecule has 1 rings (SSSR count). The van der Waals surface area contributed by atoms with E-state index in [2.05, 4.69) is 4.74 Å². The number of halogens is 1. The lowest BCUT2D eigenvalue weighted by Gasteiger charge is -2.06. The Morgan fingerprint density at radius 3 is 2.57 bits per heavy atom. The highest BCUT2D eigenvalue weighted by Crippen LogP contribution is 2.17. The van der Waals surface area contributed by atoms with E-state index in [0.717, 1.165) is 12.1 Å². The van der Waals surface area contributed by atoms with Crippen LogP contribution in [0.25, 0.3) is 0 Å². The lowest BCUT2D eigenvalue weighted by Crippen LogP contribution is -2.30. The van der Waals surface area contributed by atoms with E-state index in [0.29, 0.717) is 0 Å². The molecule has 0 amide bonds. The quantitative estimate of drug-likeness (QED) is 0.499. The van der Waals surface area contributed by atoms with Crippen LogP contribution in [0.15, 0.2) is 12.1 Å². The fraction of sp³-hybridized carbons (Fsp3) is 0.125. The van der Waals surface area contributed by atoms with Gasteiger partial charge in [0.05, 0.1) is 12.7 Å². The predicted octanol–water partition coefficient (Wildman–Crippen LogP) is -0.673. The number of aldehydes is 1. The first kappa shape index (κ1) is 10.7. The zero-order valence-corrected chi connectivity index (χ0v) is 7.40. The van der Waals surface area contributed by atoms with Crippen LogP contribution < -0.4 is 10.2 Å². The van der Waals surface area contributed by atoms with Crippen molar-refractivity contribution in [3.05, 3.63) is 23.5 Å². The topological polar surface area (TPSA) is 66.8 Å². The first-order valence-corrected chi connectivity index (χ1v) is 3.79. The number of carbonyl (C=O) groups excluding carboxylic acids is 1. The van der Waals surface area contributed by atoms with Crippen molar-refractivity contribution in [2.45, 2.75) is 0 Å². The Balaban J connectivity index is 3.31. The van der Waals surface area contributed by atoms with Gasteiger partial charge in [-0.1, -0.05) is 0 Å². The van der Waals surface area contributed by atoms with Gasteiger partial charge >= 0.3 is 7.12 Å². The molecule has 0 saturated heterocycles. The Hall–Kier alpha value is -1.40. The molecule has 0 aromatic heterocycles. The van der Waals surface area contributed by atoms with Crippen molar-refractivity contribution in [2.75, 3.05) is 7.11 Å². The lowest BCUT2D eigenvalue weighted by molar-refractivity contribution is 0.111. The maximum atomic E-state index is 13.2. The number of hydrogen-bond acceptors (Lipinski definition) is 4. The number of carbonyl (C=O) groups is 1. The van der Waals surface area contributed by atoms with Crippen LogP contribution >= 0.6 is 0 Å². The highest BCUT2D eigenvalue weighted by atomic mass is 19.1. The van der Waals surface area contributed by atoms with Gasteiger partial charge in [-0.3, -0.25) is 4.79 Å². The second kappa shape index (κ2) is 4.21. The molecule has 0 aliphatic heterocycles. The Bertz CT molecular complexity index is 353. The lowest BCUT2D eigenvalue weighted by atomic mass is 9.79. The van der Waals surface area contributed by atoms with Gasteiger partial charge in [0.2, 0.25) is 0 Å². The summed E-state index contributed by atoms with van der Waals surface area (Å²) in [5, 5.41) is 17.6. The molecule has 0 saturated carbocycles. The summed E-state index contributed by atoms with van der Waals surface area (Å²) in [5.41, 5.74) is -0.266. The van der Waals surface area contributed by atoms with E-state index < -0.39 is 12.9 Å². The summed E-state index contributed by atoms with van der Waals surface area (Å²) in [6.45, 7) is 0. The number of methoxy groups -OCH3 is 1. The van der Waals surface area contributed by atoms with Crippen LogP contribution in [0.1, 0.15) is 10.4 Å². The van der Waals surface area contributed by atoms with Crippen molar-refractivity contribution >= 4 is 18.9 Å². The van der Waals surface area contributed by atoms with E-state index in [9.17, 15) is 9.18 Å². The summed E-state index contributed by atoms with van der Waals surface area (Å²) in [6, 6.07) is 2.17. The predicted molar refractivity (Wildman–Crippen MR) is 48.2 cm³/mol. The van der Waals surface area contributed by atoms with Gasteiger partial charge in [-0.25, -0.2) is 4.39 Å². The molecule has 0 aliphatic rings. The third-order valence-electron chi connectivity index (χ3n) is 1.73. The summed E-state index contributed by atoms with van der Waals surface area (Å²) in [6.07, 6.45) is 0.281. The maximum absolute atomic E-state index is 13.2. The maximum Gasteiger partial charge on any atom is 0.488 e. The van der Waals surface area contributed by atoms with Gasteiger partial charge in [0.1, 0.15) is 0 Å². The Morgan fingerprint density at radius 2 is 2.14 bits per heavy atom. The molecule has 2 N–H and O–H groups in total. The minimum Gasteiger partial charge on any atom is -0.494 e. The van der Waals surface area contributed by atoms with Crippen molar-refractivity contribution in [1.82, 2.24) is 0 Å². The fourth-order valence-corrected chi connectivity index (χ4v) is 1.02. The summed E-state index contributed by atoms with van der Waals surface area (Å²) in [5.74, 6) is -1.01. The zero-order valence-electron chi connectivity index (χ0n) is 7.40. The first-order valence-electron chi connectivity index (χ1n) is 3.79. The molecule has 0 atom stereocenters. The third kappa shape index (κ3) is 1.91. The van der Waals surface area contributed by atoms with E-state index in [1.165, 1.54) is 7.11 Å². The van der Waals surface area contributed by atoms with Crippen LogP contribution in [0.5, 0.6) is 5.75 Å². The molecule has 0 unspecified atom stereocenters. The van der Waals surface area contributed by atoms with Crippen LogP contribution in [0.4, 0.5) is 4.39 Å². The fourth-order valence-electron chi connectivity index (χ4n) is 1.02. The molecule has 0 radical (unpaired) electrons. The minimum atomic E-state index is -1.76. The monoisotopic (exact) mass is 198 g/mol. The summed E-state index contributed by atoms with van der Waals surface area (Å²) in [7, 11) is -0.538. The first-order chi connectivity index (χ1) is 6.60. The van der Waals surface area contributed by atoms with E-state index in [1.54, 1.807) is 0 Å². The van der Waals surface area contributed by atoms with Gasteiger partial charge < -0.3 is 14.8 Å². The molecule has 74 valence electrons. The van der Waals surface area contributed by atoms with Gasteiger partial charge in [-0.15, -0.1) is 0 Å². The molecule has 0 heterocycles. The third-order valence-corrected chi connectivity index (χ3v) is 1.73. The van der Waals surface area contributed by atoms with Gasteiger partial charge in [-0.2, -0.15) is 0 Å². The van der Waals surface area contributed by atoms with E-state index in [-0.39, 0.29) is 23.1 Å². The van der Waals surface area contributed by atoms with Crippen LogP contribution in [0, 0.1) is 5.82 Å². The minimum absolute atomic E-state index is 0.00495. The highest BCUT2D eigenvalue weighted by Gasteiger charge is 2.17. The van der Waals surface area contributed by atoms with Crippen molar-refractivity contribution in [3.8, 4) is 5.75 Å². The molecule has 0 spiro atoms. The van der Waals surface area contributed by atoms with Crippen LogP contribution in [-0.2, 0) is 0 Å². The number of rotatable bonds is 3. The van der Waals surface area contributed by atoms with Gasteiger partial charge in [0.15, 0.2) is 17.9 Å². The van der Waals surface area contributed by atoms with Gasteiger partial charge in [0, 0.05) is 0 Å². The Labute approximate surface area is 80.1 Å². The summed E-state index contributed by atoms with van der Waals surface area (Å²) >= 11 is 0. The average Bonchev–Trinajstić information content (AvgIpc) is 2.17. The van der Waals surface area contributed by atoms with E-state index >= 15 is 0 Å². The SMILES string of the molecule is COc1cc(B(O)O)cc(C=O)c1F. The standard InChI is InChI=1S/C8H8BFO4/c1-14-7-3-6(9(12)13)2-5(4-11)8(7)10/h2-4,12-13H,1H3. The molecule has 0 aliphatic carbocycles. The van der Waals surface area contributed by atoms with E-state index in [4.69, 9.17) is 10.0 Å². The smallest absolute Gasteiger partial charge is 0.488 e. The second-order valence-corrected chi connectivity index (χ2v) is 2.62. The molecule has 6 heteroatoms. The van der Waals surface area contributed by atoms with Crippen molar-refractivity contribution in [3.63, 3.8) is 0 Å². The van der Waals surface area contributed by atoms with Crippen molar-refractivity contribution in [1.29, 1.82) is 0 Å². The van der Waals surface area contributed by atoms with E-state index in [1.807, 2.05) is 0 Å². The molecule has 1 aromatic rings. The molecule has 14 heavy (non-hydrogen) atoms. The van der Waals surface area contributed by atoms with Crippen molar-refractivity contribution in [2.24, 2.45) is 0 Å². The molecular formula is C8H8BFO4. The average molecular weight is 198 g/mol. The van der Waals surface area contributed by atoms with Gasteiger partial charge in [-0.05, 0) is 17.6 Å². The normalized spacial score (nSPS) is 9.71. The summed E-state index contributed by atoms with van der Waals surface area (Å²) < 4.78 is 17.8. The second-order valence-electron chi connectivity index (χ2n) is 2.62. The Kier molecular flexibility index (Phi) is 3.21.